The van der Waals surface area contributed by atoms with E-state index in [2.05, 4.69) is 24.3 Å². The van der Waals surface area contributed by atoms with Gasteiger partial charge in [-0.3, -0.25) is 4.79 Å². The number of ether oxygens (including phenoxy) is 2. The van der Waals surface area contributed by atoms with Crippen LogP contribution in [-0.2, 0) is 14.3 Å². The monoisotopic (exact) mass is 367 g/mol. The van der Waals surface area contributed by atoms with Gasteiger partial charge in [0.25, 0.3) is 0 Å². The fourth-order valence-corrected chi connectivity index (χ4v) is 3.94. The molecule has 0 unspecified atom stereocenters. The summed E-state index contributed by atoms with van der Waals surface area (Å²) in [4.78, 5) is 25.1. The summed E-state index contributed by atoms with van der Waals surface area (Å²) in [6.07, 6.45) is -0.629. The fraction of sp³-hybridized carbons (Fsp3) is 0.333. The number of benzene rings is 2. The predicted octanol–water partition coefficient (Wildman–Crippen LogP) is 3.11. The molecule has 1 heterocycles. The van der Waals surface area contributed by atoms with Crippen LogP contribution in [0.3, 0.4) is 0 Å². The number of carbonyl (C=O) groups excluding carboxylic acids is 1. The highest BCUT2D eigenvalue weighted by Crippen LogP contribution is 2.44. The Bertz CT molecular complexity index is 820. The van der Waals surface area contributed by atoms with Crippen LogP contribution in [0.15, 0.2) is 48.5 Å². The van der Waals surface area contributed by atoms with Crippen molar-refractivity contribution in [2.75, 3.05) is 26.4 Å². The second kappa shape index (κ2) is 7.40. The quantitative estimate of drug-likeness (QED) is 0.899. The first-order chi connectivity index (χ1) is 13.1. The highest BCUT2D eigenvalue weighted by atomic mass is 16.6. The summed E-state index contributed by atoms with van der Waals surface area (Å²) in [5.41, 5.74) is 4.64. The molecule has 1 aliphatic carbocycles. The van der Waals surface area contributed by atoms with Gasteiger partial charge < -0.3 is 19.5 Å². The predicted molar refractivity (Wildman–Crippen MR) is 98.6 cm³/mol. The number of carboxylic acid groups (broad SMARTS) is 1. The highest BCUT2D eigenvalue weighted by Gasteiger charge is 2.33. The standard InChI is InChI=1S/C21H21NO5/c23-20(24)11-14-12-26-10-9-22(14)21(25)27-13-19-17-7-3-1-5-15(17)16-6-2-4-8-18(16)19/h1-8,14,19H,9-13H2,(H,23,24)/t14-/m0/s1. The zero-order chi connectivity index (χ0) is 18.8. The first-order valence-corrected chi connectivity index (χ1v) is 9.06. The van der Waals surface area contributed by atoms with Gasteiger partial charge in [-0.1, -0.05) is 48.5 Å². The van der Waals surface area contributed by atoms with Gasteiger partial charge >= 0.3 is 12.1 Å². The molecule has 1 aliphatic heterocycles. The van der Waals surface area contributed by atoms with Crippen LogP contribution in [0.5, 0.6) is 0 Å². The lowest BCUT2D eigenvalue weighted by atomic mass is 9.98. The van der Waals surface area contributed by atoms with E-state index in [0.29, 0.717) is 13.2 Å². The lowest BCUT2D eigenvalue weighted by molar-refractivity contribution is -0.139. The molecule has 6 nitrogen and oxygen atoms in total. The van der Waals surface area contributed by atoms with Crippen LogP contribution in [0.4, 0.5) is 4.79 Å². The number of rotatable bonds is 4. The van der Waals surface area contributed by atoms with Crippen LogP contribution in [0.25, 0.3) is 11.1 Å². The lowest BCUT2D eigenvalue weighted by Gasteiger charge is -2.34. The molecule has 4 rings (SSSR count). The number of aliphatic carboxylic acids is 1. The van der Waals surface area contributed by atoms with Gasteiger partial charge in [0.15, 0.2) is 0 Å². The topological polar surface area (TPSA) is 76.1 Å². The van der Waals surface area contributed by atoms with E-state index in [-0.39, 0.29) is 25.6 Å². The van der Waals surface area contributed by atoms with Gasteiger partial charge in [0.2, 0.25) is 0 Å². The van der Waals surface area contributed by atoms with Crippen LogP contribution in [0, 0.1) is 0 Å². The Morgan fingerprint density at radius 3 is 2.33 bits per heavy atom. The zero-order valence-corrected chi connectivity index (χ0v) is 14.8. The maximum Gasteiger partial charge on any atom is 0.410 e. The zero-order valence-electron chi connectivity index (χ0n) is 14.8. The Labute approximate surface area is 157 Å². The van der Waals surface area contributed by atoms with E-state index in [4.69, 9.17) is 14.6 Å². The van der Waals surface area contributed by atoms with E-state index in [0.717, 1.165) is 11.1 Å². The van der Waals surface area contributed by atoms with Gasteiger partial charge in [-0.15, -0.1) is 0 Å². The molecule has 2 aliphatic rings. The van der Waals surface area contributed by atoms with E-state index in [9.17, 15) is 9.59 Å². The third-order valence-corrected chi connectivity index (χ3v) is 5.21. The van der Waals surface area contributed by atoms with Gasteiger partial charge in [-0.25, -0.2) is 4.79 Å². The van der Waals surface area contributed by atoms with Crippen molar-refractivity contribution in [3.8, 4) is 11.1 Å². The van der Waals surface area contributed by atoms with E-state index in [1.807, 2.05) is 24.3 Å². The minimum absolute atomic E-state index is 0.0136. The Morgan fingerprint density at radius 2 is 1.70 bits per heavy atom. The summed E-state index contributed by atoms with van der Waals surface area (Å²) in [6, 6.07) is 15.8. The van der Waals surface area contributed by atoms with Gasteiger partial charge in [0.05, 0.1) is 25.7 Å². The smallest absolute Gasteiger partial charge is 0.410 e. The molecule has 0 bridgehead atoms. The van der Waals surface area contributed by atoms with Crippen molar-refractivity contribution in [2.45, 2.75) is 18.4 Å². The summed E-state index contributed by atoms with van der Waals surface area (Å²) >= 11 is 0. The van der Waals surface area contributed by atoms with E-state index in [1.165, 1.54) is 16.0 Å². The molecule has 1 fully saturated rings. The van der Waals surface area contributed by atoms with Crippen LogP contribution in [-0.4, -0.2) is 54.5 Å². The van der Waals surface area contributed by atoms with Gasteiger partial charge in [-0.2, -0.15) is 0 Å². The minimum atomic E-state index is -0.957. The van der Waals surface area contributed by atoms with Crippen LogP contribution in [0.2, 0.25) is 0 Å². The van der Waals surface area contributed by atoms with Crippen LogP contribution < -0.4 is 0 Å². The van der Waals surface area contributed by atoms with Crippen molar-refractivity contribution in [3.05, 3.63) is 59.7 Å². The second-order valence-electron chi connectivity index (χ2n) is 6.82. The second-order valence-corrected chi connectivity index (χ2v) is 6.82. The summed E-state index contributed by atoms with van der Waals surface area (Å²) in [5.74, 6) is -0.970. The molecule has 1 atom stereocenters. The maximum absolute atomic E-state index is 12.6. The lowest BCUT2D eigenvalue weighted by Crippen LogP contribution is -2.49. The highest BCUT2D eigenvalue weighted by molar-refractivity contribution is 5.79. The summed E-state index contributed by atoms with van der Waals surface area (Å²) in [7, 11) is 0. The van der Waals surface area contributed by atoms with Crippen molar-refractivity contribution >= 4 is 12.1 Å². The average molecular weight is 367 g/mol. The Balaban J connectivity index is 1.50. The molecule has 27 heavy (non-hydrogen) atoms. The molecule has 140 valence electrons. The number of hydrogen-bond acceptors (Lipinski definition) is 4. The maximum atomic E-state index is 12.6. The molecule has 0 aromatic heterocycles. The fourth-order valence-electron chi connectivity index (χ4n) is 3.94. The first-order valence-electron chi connectivity index (χ1n) is 9.06. The molecule has 0 radical (unpaired) electrons. The normalized spacial score (nSPS) is 18.7. The number of carboxylic acids is 1. The van der Waals surface area contributed by atoms with Crippen molar-refractivity contribution in [2.24, 2.45) is 0 Å². The third-order valence-electron chi connectivity index (χ3n) is 5.21. The molecule has 0 spiro atoms. The summed E-state index contributed by atoms with van der Waals surface area (Å²) in [6.45, 7) is 1.18. The van der Waals surface area contributed by atoms with Gasteiger partial charge in [0, 0.05) is 12.5 Å². The molecule has 2 aromatic carbocycles. The Kier molecular flexibility index (Phi) is 4.81. The van der Waals surface area contributed by atoms with Crippen molar-refractivity contribution in [1.29, 1.82) is 0 Å². The summed E-state index contributed by atoms with van der Waals surface area (Å²) < 4.78 is 11.0. The molecule has 1 amide bonds. The van der Waals surface area contributed by atoms with Crippen molar-refractivity contribution < 1.29 is 24.2 Å². The van der Waals surface area contributed by atoms with Crippen LogP contribution in [0.1, 0.15) is 23.5 Å². The van der Waals surface area contributed by atoms with E-state index < -0.39 is 18.1 Å². The largest absolute Gasteiger partial charge is 0.481 e. The van der Waals surface area contributed by atoms with E-state index in [1.54, 1.807) is 0 Å². The number of fused-ring (bicyclic) bond motifs is 3. The number of amides is 1. The van der Waals surface area contributed by atoms with Crippen molar-refractivity contribution in [3.63, 3.8) is 0 Å². The number of hydrogen-bond donors (Lipinski definition) is 1. The molecule has 1 N–H and O–H groups in total. The molecule has 6 heteroatoms. The number of carbonyl (C=O) groups is 2. The van der Waals surface area contributed by atoms with Gasteiger partial charge in [-0.05, 0) is 22.3 Å². The first kappa shape index (κ1) is 17.5. The Hall–Kier alpha value is -2.86. The SMILES string of the molecule is O=C(O)C[C@H]1COCCN1C(=O)OCC1c2ccccc2-c2ccccc21. The molecular formula is C21H21NO5. The van der Waals surface area contributed by atoms with Crippen molar-refractivity contribution in [1.82, 2.24) is 4.90 Å². The van der Waals surface area contributed by atoms with Gasteiger partial charge in [0.1, 0.15) is 6.61 Å². The average Bonchev–Trinajstić information content (AvgIpc) is 3.00. The third kappa shape index (κ3) is 3.40. The molecule has 0 saturated carbocycles. The molecule has 2 aromatic rings. The van der Waals surface area contributed by atoms with E-state index >= 15 is 0 Å². The molecular weight excluding hydrogens is 346 g/mol. The number of nitrogens with zero attached hydrogens (tertiary/aromatic N) is 1. The Morgan fingerprint density at radius 1 is 1.07 bits per heavy atom. The minimum Gasteiger partial charge on any atom is -0.481 e. The summed E-state index contributed by atoms with van der Waals surface area (Å²) in [5, 5.41) is 9.05. The van der Waals surface area contributed by atoms with Crippen LogP contribution >= 0.6 is 0 Å². The number of morpholine rings is 1. The molecule has 1 saturated heterocycles.